The van der Waals surface area contributed by atoms with E-state index in [0.717, 1.165) is 66.8 Å². The minimum Gasteiger partial charge on any atom is -0.492 e. The summed E-state index contributed by atoms with van der Waals surface area (Å²) in [6, 6.07) is 29.6. The van der Waals surface area contributed by atoms with Gasteiger partial charge in [-0.25, -0.2) is 9.98 Å². The van der Waals surface area contributed by atoms with E-state index in [1.807, 2.05) is 98.8 Å². The quantitative estimate of drug-likeness (QED) is 0.0421. The van der Waals surface area contributed by atoms with E-state index >= 15 is 9.59 Å². The Kier molecular flexibility index (Phi) is 12.8. The van der Waals surface area contributed by atoms with Gasteiger partial charge in [-0.2, -0.15) is 15.8 Å². The van der Waals surface area contributed by atoms with Gasteiger partial charge in [-0.1, -0.05) is 74.5 Å². The predicted octanol–water partition coefficient (Wildman–Crippen LogP) is 12.7. The molecule has 9 rings (SSSR count). The van der Waals surface area contributed by atoms with Crippen molar-refractivity contribution in [1.82, 2.24) is 0 Å². The molecule has 0 spiro atoms. The number of nitriles is 3. The van der Waals surface area contributed by atoms with Crippen molar-refractivity contribution in [2.75, 3.05) is 13.2 Å². The molecule has 1 aliphatic rings. The van der Waals surface area contributed by atoms with E-state index in [1.54, 1.807) is 34.8 Å². The normalized spacial score (nSPS) is 12.9. The maximum Gasteiger partial charge on any atom is 0.333 e. The van der Waals surface area contributed by atoms with Gasteiger partial charge in [-0.15, -0.1) is 68.0 Å². The van der Waals surface area contributed by atoms with E-state index in [1.165, 1.54) is 34.0 Å². The number of fused-ring (bicyclic) bond motifs is 7. The van der Waals surface area contributed by atoms with Gasteiger partial charge in [0.05, 0.1) is 51.3 Å². The number of benzene rings is 2. The number of thiophene rings is 6. The molecule has 8 aromatic rings. The Morgan fingerprint density at radius 2 is 1.21 bits per heavy atom. The number of amidine groups is 1. The molecular weight excluding hydrogens is 949 g/mol. The SMILES string of the molecule is CCCOc1cc(N=C(C#N)C#N)sc1C1=Cc2sc3c(sc4c5sc(-c6sc(N=C(N)C#N)cc6OCCC)cc5sc34)c2C1(C(=O)OCc1ccccc1)C(=O)OCc1ccccc1. The highest BCUT2D eigenvalue weighted by molar-refractivity contribution is 7.45. The third-order valence-electron chi connectivity index (χ3n) is 10.3. The van der Waals surface area contributed by atoms with Gasteiger partial charge in [-0.05, 0) is 36.1 Å². The zero-order valence-corrected chi connectivity index (χ0v) is 39.9. The van der Waals surface area contributed by atoms with Crippen molar-refractivity contribution in [2.24, 2.45) is 15.7 Å². The van der Waals surface area contributed by atoms with Crippen LogP contribution in [0.15, 0.2) is 88.8 Å². The van der Waals surface area contributed by atoms with Gasteiger partial charge in [0.25, 0.3) is 0 Å². The molecule has 0 unspecified atom stereocenters. The van der Waals surface area contributed by atoms with Gasteiger partial charge in [0.2, 0.25) is 17.0 Å². The number of carbonyl (C=O) groups is 2. The second-order valence-corrected chi connectivity index (χ2v) is 20.9. The van der Waals surface area contributed by atoms with Crippen molar-refractivity contribution in [1.29, 1.82) is 15.8 Å². The molecule has 328 valence electrons. The fraction of sp³-hybridized carbons (Fsp3) is 0.188. The Labute approximate surface area is 402 Å². The molecule has 0 saturated carbocycles. The lowest BCUT2D eigenvalue weighted by Crippen LogP contribution is -2.45. The number of aliphatic imine (C=N–C) groups is 2. The number of ether oxygens (including phenoxy) is 4. The first-order valence-electron chi connectivity index (χ1n) is 20.4. The second kappa shape index (κ2) is 19.0. The highest BCUT2D eigenvalue weighted by atomic mass is 32.1. The lowest BCUT2D eigenvalue weighted by Gasteiger charge is -2.29. The summed E-state index contributed by atoms with van der Waals surface area (Å²) in [5.74, 6) is -0.788. The van der Waals surface area contributed by atoms with Crippen LogP contribution in [-0.2, 0) is 37.7 Å². The van der Waals surface area contributed by atoms with E-state index in [0.29, 0.717) is 57.0 Å². The Bertz CT molecular complexity index is 3330. The van der Waals surface area contributed by atoms with Gasteiger partial charge < -0.3 is 24.7 Å². The van der Waals surface area contributed by atoms with E-state index in [2.05, 4.69) is 16.1 Å². The molecule has 2 N–H and O–H groups in total. The Morgan fingerprint density at radius 3 is 1.80 bits per heavy atom. The van der Waals surface area contributed by atoms with Crippen LogP contribution in [0.4, 0.5) is 10.0 Å². The van der Waals surface area contributed by atoms with E-state index in [4.69, 9.17) is 24.7 Å². The Balaban J connectivity index is 1.24. The maximum absolute atomic E-state index is 15.5. The third-order valence-corrected chi connectivity index (χ3v) is 17.8. The number of esters is 2. The van der Waals surface area contributed by atoms with Crippen LogP contribution in [-0.4, -0.2) is 36.7 Å². The van der Waals surface area contributed by atoms with E-state index in [-0.39, 0.29) is 29.8 Å². The minimum atomic E-state index is -2.14. The molecule has 0 atom stereocenters. The van der Waals surface area contributed by atoms with Crippen molar-refractivity contribution in [3.05, 3.63) is 105 Å². The summed E-state index contributed by atoms with van der Waals surface area (Å²) >= 11 is 8.75. The molecule has 2 aromatic carbocycles. The zero-order valence-electron chi connectivity index (χ0n) is 35.0. The zero-order chi connectivity index (χ0) is 46.0. The molecule has 66 heavy (non-hydrogen) atoms. The molecule has 1 aliphatic carbocycles. The standard InChI is InChI=1S/C48H34N6O6S6/c1-3-15-57-30-18-36(53-28(21-49)22-50)64-39(30)29-17-32-38(48(29,46(55)59-24-26-11-7-5-8-12-26)47(56)60-25-27-13-9-6-10-14-27)42-44(61-32)45-43(66-42)41-34(63-45)20-33(62-41)40-31(58-16-4-2)19-37(65-40)54-35(52)23-51/h5-14,17-20H,3-4,15-16,24-25H2,1-2H3,(H2,52,54). The summed E-state index contributed by atoms with van der Waals surface area (Å²) in [5.41, 5.74) is 5.50. The molecule has 12 nitrogen and oxygen atoms in total. The van der Waals surface area contributed by atoms with Gasteiger partial charge in [-0.3, -0.25) is 9.59 Å². The van der Waals surface area contributed by atoms with E-state index < -0.39 is 17.4 Å². The smallest absolute Gasteiger partial charge is 0.333 e. The molecule has 6 heterocycles. The number of carbonyl (C=O) groups excluding carboxylic acids is 2. The fourth-order valence-electron chi connectivity index (χ4n) is 7.40. The van der Waals surface area contributed by atoms with Crippen LogP contribution in [0.3, 0.4) is 0 Å². The molecule has 0 saturated heterocycles. The largest absolute Gasteiger partial charge is 0.492 e. The number of hydrogen-bond donors (Lipinski definition) is 1. The predicted molar refractivity (Wildman–Crippen MR) is 267 cm³/mol. The van der Waals surface area contributed by atoms with Gasteiger partial charge in [0.15, 0.2) is 0 Å². The molecule has 0 aliphatic heterocycles. The lowest BCUT2D eigenvalue weighted by molar-refractivity contribution is -0.163. The minimum absolute atomic E-state index is 0.114. The van der Waals surface area contributed by atoms with Crippen molar-refractivity contribution in [2.45, 2.75) is 45.3 Å². The van der Waals surface area contributed by atoms with Gasteiger partial charge in [0.1, 0.15) is 52.9 Å². The number of rotatable bonds is 16. The first-order chi connectivity index (χ1) is 32.2. The van der Waals surface area contributed by atoms with Crippen molar-refractivity contribution < 1.29 is 28.5 Å². The molecule has 0 amide bonds. The third kappa shape index (κ3) is 8.15. The molecule has 18 heteroatoms. The first-order valence-corrected chi connectivity index (χ1v) is 25.3. The van der Waals surface area contributed by atoms with Crippen LogP contribution < -0.4 is 15.2 Å². The summed E-state index contributed by atoms with van der Waals surface area (Å²) in [5, 5.41) is 29.4. The average molecular weight is 983 g/mol. The highest BCUT2D eigenvalue weighted by Crippen LogP contribution is 2.62. The van der Waals surface area contributed by atoms with Crippen molar-refractivity contribution in [3.8, 4) is 39.5 Å². The lowest BCUT2D eigenvalue weighted by atomic mass is 9.77. The van der Waals surface area contributed by atoms with Crippen molar-refractivity contribution in [3.63, 3.8) is 0 Å². The summed E-state index contributed by atoms with van der Waals surface area (Å²) in [6.07, 6.45) is 3.31. The monoisotopic (exact) mass is 982 g/mol. The van der Waals surface area contributed by atoms with Crippen LogP contribution in [0.25, 0.3) is 49.6 Å². The topological polar surface area (TPSA) is 193 Å². The molecule has 6 aromatic heterocycles. The van der Waals surface area contributed by atoms with Gasteiger partial charge in [0, 0.05) is 32.8 Å². The van der Waals surface area contributed by atoms with Crippen LogP contribution in [0.2, 0.25) is 0 Å². The number of hydrogen-bond acceptors (Lipinski definition) is 17. The highest BCUT2D eigenvalue weighted by Gasteiger charge is 2.60. The van der Waals surface area contributed by atoms with Crippen LogP contribution in [0, 0.1) is 34.0 Å². The molecular formula is C48H34N6O6S6. The Morgan fingerprint density at radius 1 is 0.652 bits per heavy atom. The molecule has 0 bridgehead atoms. The summed E-state index contributed by atoms with van der Waals surface area (Å²) in [4.78, 5) is 42.4. The number of nitrogens with two attached hydrogens (primary N) is 1. The van der Waals surface area contributed by atoms with E-state index in [9.17, 15) is 15.8 Å². The first kappa shape index (κ1) is 44.5. The van der Waals surface area contributed by atoms with Crippen molar-refractivity contribution >= 4 is 141 Å². The van der Waals surface area contributed by atoms with Crippen LogP contribution in [0.5, 0.6) is 11.5 Å². The summed E-state index contributed by atoms with van der Waals surface area (Å²) in [6.45, 7) is 4.57. The summed E-state index contributed by atoms with van der Waals surface area (Å²) in [7, 11) is 0. The molecule has 0 fully saturated rings. The van der Waals surface area contributed by atoms with Crippen LogP contribution in [0.1, 0.15) is 53.1 Å². The number of nitrogens with zero attached hydrogens (tertiary/aromatic N) is 5. The summed E-state index contributed by atoms with van der Waals surface area (Å²) < 4.78 is 30.7. The molecule has 0 radical (unpaired) electrons. The maximum atomic E-state index is 15.5. The average Bonchev–Trinajstić information content (AvgIpc) is 4.21. The van der Waals surface area contributed by atoms with Crippen LogP contribution >= 0.6 is 68.0 Å². The second-order valence-electron chi connectivity index (χ2n) is 14.6. The van der Waals surface area contributed by atoms with Gasteiger partial charge >= 0.3 is 11.9 Å². The fourth-order valence-corrected chi connectivity index (χ4v) is 15.5. The Hall–Kier alpha value is -6.69.